The SMILES string of the molecule is CCNCc1cnc(-n2cc(I)cn2)c2ccccc12. The zero-order chi connectivity index (χ0) is 13.9. The molecule has 1 aromatic carbocycles. The molecular formula is C15H15IN4. The van der Waals surface area contributed by atoms with Crippen LogP contribution in [-0.2, 0) is 6.54 Å². The predicted molar refractivity (Wildman–Crippen MR) is 89.0 cm³/mol. The molecule has 102 valence electrons. The largest absolute Gasteiger partial charge is 0.313 e. The van der Waals surface area contributed by atoms with Gasteiger partial charge >= 0.3 is 0 Å². The van der Waals surface area contributed by atoms with Crippen LogP contribution in [0.5, 0.6) is 0 Å². The summed E-state index contributed by atoms with van der Waals surface area (Å²) in [6.45, 7) is 3.89. The lowest BCUT2D eigenvalue weighted by atomic mass is 10.1. The van der Waals surface area contributed by atoms with E-state index in [1.54, 1.807) is 0 Å². The van der Waals surface area contributed by atoms with Crippen molar-refractivity contribution >= 4 is 33.4 Å². The average Bonchev–Trinajstić information content (AvgIpc) is 2.91. The summed E-state index contributed by atoms with van der Waals surface area (Å²) >= 11 is 2.26. The van der Waals surface area contributed by atoms with Gasteiger partial charge in [0, 0.05) is 24.3 Å². The molecule has 3 aromatic rings. The van der Waals surface area contributed by atoms with Gasteiger partial charge in [0.15, 0.2) is 5.82 Å². The molecule has 0 spiro atoms. The molecule has 2 heterocycles. The number of aromatic nitrogens is 3. The summed E-state index contributed by atoms with van der Waals surface area (Å²) in [6, 6.07) is 8.34. The highest BCUT2D eigenvalue weighted by Gasteiger charge is 2.09. The third kappa shape index (κ3) is 2.55. The minimum atomic E-state index is 0.834. The first-order valence-electron chi connectivity index (χ1n) is 6.57. The molecular weight excluding hydrogens is 363 g/mol. The van der Waals surface area contributed by atoms with Crippen LogP contribution in [0.3, 0.4) is 0 Å². The molecule has 3 rings (SSSR count). The lowest BCUT2D eigenvalue weighted by Gasteiger charge is -2.10. The van der Waals surface area contributed by atoms with Gasteiger partial charge in [-0.2, -0.15) is 5.10 Å². The molecule has 0 amide bonds. The molecule has 0 saturated carbocycles. The lowest BCUT2D eigenvalue weighted by Crippen LogP contribution is -2.13. The van der Waals surface area contributed by atoms with Crippen LogP contribution < -0.4 is 5.32 Å². The van der Waals surface area contributed by atoms with Gasteiger partial charge in [0.05, 0.1) is 9.77 Å². The molecule has 4 nitrogen and oxygen atoms in total. The smallest absolute Gasteiger partial charge is 0.161 e. The van der Waals surface area contributed by atoms with Crippen molar-refractivity contribution in [3.05, 3.63) is 52.0 Å². The van der Waals surface area contributed by atoms with Crippen LogP contribution in [0, 0.1) is 3.57 Å². The maximum Gasteiger partial charge on any atom is 0.161 e. The van der Waals surface area contributed by atoms with Gasteiger partial charge in [-0.25, -0.2) is 9.67 Å². The van der Waals surface area contributed by atoms with Gasteiger partial charge < -0.3 is 5.32 Å². The van der Waals surface area contributed by atoms with Gasteiger partial charge in [0.25, 0.3) is 0 Å². The number of pyridine rings is 1. The Morgan fingerprint density at radius 3 is 2.70 bits per heavy atom. The van der Waals surface area contributed by atoms with Crippen LogP contribution in [0.2, 0.25) is 0 Å². The number of rotatable bonds is 4. The maximum absolute atomic E-state index is 4.60. The summed E-state index contributed by atoms with van der Waals surface area (Å²) < 4.78 is 2.94. The van der Waals surface area contributed by atoms with Crippen LogP contribution in [0.1, 0.15) is 12.5 Å². The zero-order valence-electron chi connectivity index (χ0n) is 11.2. The van der Waals surface area contributed by atoms with Crippen LogP contribution in [0.25, 0.3) is 16.6 Å². The monoisotopic (exact) mass is 378 g/mol. The van der Waals surface area contributed by atoms with Crippen LogP contribution in [0.4, 0.5) is 0 Å². The van der Waals surface area contributed by atoms with E-state index in [1.807, 2.05) is 29.3 Å². The van der Waals surface area contributed by atoms with E-state index in [-0.39, 0.29) is 0 Å². The Balaban J connectivity index is 2.15. The summed E-state index contributed by atoms with van der Waals surface area (Å²) in [5.41, 5.74) is 1.22. The topological polar surface area (TPSA) is 42.7 Å². The Bertz CT molecular complexity index is 736. The number of hydrogen-bond acceptors (Lipinski definition) is 3. The molecule has 0 atom stereocenters. The molecule has 0 radical (unpaired) electrons. The van der Waals surface area contributed by atoms with E-state index in [0.29, 0.717) is 0 Å². The van der Waals surface area contributed by atoms with Gasteiger partial charge in [-0.3, -0.25) is 0 Å². The number of nitrogens with zero attached hydrogens (tertiary/aromatic N) is 3. The Hall–Kier alpha value is -1.47. The highest BCUT2D eigenvalue weighted by atomic mass is 127. The van der Waals surface area contributed by atoms with Gasteiger partial charge in [0.1, 0.15) is 0 Å². The van der Waals surface area contributed by atoms with E-state index in [4.69, 9.17) is 0 Å². The fourth-order valence-electron chi connectivity index (χ4n) is 2.24. The van der Waals surface area contributed by atoms with E-state index in [0.717, 1.165) is 27.9 Å². The Morgan fingerprint density at radius 1 is 1.20 bits per heavy atom. The summed E-state index contributed by atoms with van der Waals surface area (Å²) in [5, 5.41) is 10.1. The van der Waals surface area contributed by atoms with Gasteiger partial charge in [-0.1, -0.05) is 31.2 Å². The Labute approximate surface area is 131 Å². The summed E-state index contributed by atoms with van der Waals surface area (Å²) in [5.74, 6) is 0.878. The molecule has 0 aliphatic carbocycles. The third-order valence-corrected chi connectivity index (χ3v) is 3.75. The van der Waals surface area contributed by atoms with Gasteiger partial charge in [0.2, 0.25) is 0 Å². The second kappa shape index (κ2) is 5.88. The minimum absolute atomic E-state index is 0.834. The fourth-order valence-corrected chi connectivity index (χ4v) is 2.62. The van der Waals surface area contributed by atoms with Crippen molar-refractivity contribution in [2.24, 2.45) is 0 Å². The fraction of sp³-hybridized carbons (Fsp3) is 0.200. The molecule has 0 saturated heterocycles. The molecule has 1 N–H and O–H groups in total. The predicted octanol–water partition coefficient (Wildman–Crippen LogP) is 3.13. The molecule has 2 aromatic heterocycles. The van der Waals surface area contributed by atoms with E-state index in [1.165, 1.54) is 10.9 Å². The number of nitrogens with one attached hydrogen (secondary N) is 1. The number of hydrogen-bond donors (Lipinski definition) is 1. The van der Waals surface area contributed by atoms with Crippen LogP contribution >= 0.6 is 22.6 Å². The van der Waals surface area contributed by atoms with E-state index in [2.05, 4.69) is 63.1 Å². The van der Waals surface area contributed by atoms with Crippen LogP contribution in [0.15, 0.2) is 42.9 Å². The molecule has 20 heavy (non-hydrogen) atoms. The minimum Gasteiger partial charge on any atom is -0.313 e. The number of halogens is 1. The first kappa shape index (κ1) is 13.5. The van der Waals surface area contributed by atoms with E-state index in [9.17, 15) is 0 Å². The maximum atomic E-state index is 4.60. The third-order valence-electron chi connectivity index (χ3n) is 3.19. The van der Waals surface area contributed by atoms with Gasteiger partial charge in [-0.15, -0.1) is 0 Å². The van der Waals surface area contributed by atoms with Crippen molar-refractivity contribution in [3.8, 4) is 5.82 Å². The van der Waals surface area contributed by atoms with Gasteiger partial charge in [-0.05, 0) is 40.1 Å². The Morgan fingerprint density at radius 2 is 2.00 bits per heavy atom. The average molecular weight is 378 g/mol. The molecule has 0 fully saturated rings. The molecule has 0 aliphatic rings. The second-order valence-electron chi connectivity index (χ2n) is 4.54. The Kier molecular flexibility index (Phi) is 3.98. The molecule has 0 bridgehead atoms. The second-order valence-corrected chi connectivity index (χ2v) is 5.78. The van der Waals surface area contributed by atoms with Crippen molar-refractivity contribution in [2.45, 2.75) is 13.5 Å². The zero-order valence-corrected chi connectivity index (χ0v) is 13.3. The molecule has 5 heteroatoms. The number of fused-ring (bicyclic) bond motifs is 1. The van der Waals surface area contributed by atoms with Crippen LogP contribution in [-0.4, -0.2) is 21.3 Å². The summed E-state index contributed by atoms with van der Waals surface area (Å²) in [6.07, 6.45) is 5.76. The van der Waals surface area contributed by atoms with E-state index < -0.39 is 0 Å². The van der Waals surface area contributed by atoms with Crippen molar-refractivity contribution < 1.29 is 0 Å². The first-order valence-corrected chi connectivity index (χ1v) is 7.65. The lowest BCUT2D eigenvalue weighted by molar-refractivity contribution is 0.727. The quantitative estimate of drug-likeness (QED) is 0.710. The van der Waals surface area contributed by atoms with Crippen molar-refractivity contribution in [1.82, 2.24) is 20.1 Å². The van der Waals surface area contributed by atoms with Crippen molar-refractivity contribution in [2.75, 3.05) is 6.54 Å². The highest BCUT2D eigenvalue weighted by molar-refractivity contribution is 14.1. The molecule has 0 unspecified atom stereocenters. The van der Waals surface area contributed by atoms with E-state index >= 15 is 0 Å². The van der Waals surface area contributed by atoms with Crippen molar-refractivity contribution in [1.29, 1.82) is 0 Å². The summed E-state index contributed by atoms with van der Waals surface area (Å²) in [7, 11) is 0. The standard InChI is InChI=1S/C15H15IN4/c1-2-17-7-11-8-18-15(20-10-12(16)9-19-20)14-6-4-3-5-13(11)14/h3-6,8-10,17H,2,7H2,1H3. The first-order chi connectivity index (χ1) is 9.79. The summed E-state index contributed by atoms with van der Waals surface area (Å²) in [4.78, 5) is 4.60. The van der Waals surface area contributed by atoms with Crippen molar-refractivity contribution in [3.63, 3.8) is 0 Å². The number of benzene rings is 1. The highest BCUT2D eigenvalue weighted by Crippen LogP contribution is 2.23. The molecule has 0 aliphatic heterocycles. The normalized spacial score (nSPS) is 11.1.